The lowest BCUT2D eigenvalue weighted by Crippen LogP contribution is -2.07. The molecule has 0 fully saturated rings. The zero-order valence-electron chi connectivity index (χ0n) is 36.6. The van der Waals surface area contributed by atoms with Crippen molar-refractivity contribution in [2.75, 3.05) is 0 Å². The van der Waals surface area contributed by atoms with Crippen LogP contribution in [0, 0.1) is 0 Å². The Kier molecular flexibility index (Phi) is 8.45. The van der Waals surface area contributed by atoms with Crippen LogP contribution < -0.4 is 0 Å². The summed E-state index contributed by atoms with van der Waals surface area (Å²) in [6.07, 6.45) is 2.05. The van der Waals surface area contributed by atoms with Crippen LogP contribution in [0.25, 0.3) is 122 Å². The van der Waals surface area contributed by atoms with Gasteiger partial charge in [0, 0.05) is 55.8 Å². The van der Waals surface area contributed by atoms with E-state index in [1.807, 2.05) is 0 Å². The summed E-state index contributed by atoms with van der Waals surface area (Å²) in [6, 6.07) is 81.5. The van der Waals surface area contributed by atoms with Crippen molar-refractivity contribution >= 4 is 65.7 Å². The molecule has 0 spiro atoms. The number of imidazole rings is 2. The molecule has 0 aliphatic heterocycles. The monoisotopic (exact) mass is 869 g/mol. The predicted molar refractivity (Wildman–Crippen MR) is 278 cm³/mol. The molecule has 14 rings (SSSR count). The third kappa shape index (κ3) is 5.69. The molecule has 0 saturated carbocycles. The fourth-order valence-electron chi connectivity index (χ4n) is 10.5. The van der Waals surface area contributed by atoms with E-state index < -0.39 is 0 Å². The van der Waals surface area contributed by atoms with Crippen LogP contribution in [0.5, 0.6) is 0 Å². The molecule has 0 aliphatic rings. The van der Waals surface area contributed by atoms with Gasteiger partial charge in [-0.2, -0.15) is 0 Å². The van der Waals surface area contributed by atoms with E-state index in [1.165, 1.54) is 21.5 Å². The Balaban J connectivity index is 1.13. The van der Waals surface area contributed by atoms with Crippen LogP contribution >= 0.6 is 0 Å². The molecule has 68 heavy (non-hydrogen) atoms. The highest BCUT2D eigenvalue weighted by Gasteiger charge is 2.27. The number of aromatic nitrogens is 7. The maximum atomic E-state index is 5.61. The number of para-hydroxylation sites is 11. The third-order valence-electron chi connectivity index (χ3n) is 13.4. The summed E-state index contributed by atoms with van der Waals surface area (Å²) in [7, 11) is 0. The first-order valence-electron chi connectivity index (χ1n) is 23.0. The summed E-state index contributed by atoms with van der Waals surface area (Å²) in [5, 5.41) is 4.69. The highest BCUT2D eigenvalue weighted by molar-refractivity contribution is 6.11. The largest absolute Gasteiger partial charge is 0.308 e. The molecule has 7 nitrogen and oxygen atoms in total. The van der Waals surface area contributed by atoms with E-state index >= 15 is 0 Å². The molecule has 0 bridgehead atoms. The first-order valence-corrected chi connectivity index (χ1v) is 23.0. The smallest absolute Gasteiger partial charge is 0.149 e. The number of pyridine rings is 1. The summed E-state index contributed by atoms with van der Waals surface area (Å²) >= 11 is 0. The topological polar surface area (TPSA) is 58.4 Å². The first-order chi connectivity index (χ1) is 33.8. The van der Waals surface area contributed by atoms with Crippen LogP contribution in [0.15, 0.2) is 237 Å². The summed E-state index contributed by atoms with van der Waals surface area (Å²) in [5.74, 6) is 2.43. The van der Waals surface area contributed by atoms with E-state index in [4.69, 9.17) is 15.0 Å². The van der Waals surface area contributed by atoms with Crippen LogP contribution in [0.4, 0.5) is 0 Å². The van der Waals surface area contributed by atoms with Crippen molar-refractivity contribution in [3.8, 4) is 56.8 Å². The second kappa shape index (κ2) is 15.1. The van der Waals surface area contributed by atoms with Crippen molar-refractivity contribution in [2.24, 2.45) is 0 Å². The molecule has 14 aromatic rings. The molecule has 0 atom stereocenters. The Labute approximate surface area is 390 Å². The number of rotatable bonds is 7. The highest BCUT2D eigenvalue weighted by atomic mass is 15.1. The van der Waals surface area contributed by atoms with Gasteiger partial charge in [0.05, 0.1) is 55.4 Å². The second-order valence-electron chi connectivity index (χ2n) is 17.2. The number of benzene rings is 9. The Bertz CT molecular complexity index is 4160. The zero-order chi connectivity index (χ0) is 44.7. The number of hydrogen-bond donors (Lipinski definition) is 0. The molecule has 0 saturated heterocycles. The summed E-state index contributed by atoms with van der Waals surface area (Å²) < 4.78 is 9.32. The molecule has 0 amide bonds. The maximum Gasteiger partial charge on any atom is 0.149 e. The number of fused-ring (bicyclic) bond motifs is 8. The summed E-state index contributed by atoms with van der Waals surface area (Å²) in [6.45, 7) is 0. The van der Waals surface area contributed by atoms with Gasteiger partial charge in [-0.05, 0) is 84.9 Å². The van der Waals surface area contributed by atoms with Crippen LogP contribution in [-0.2, 0) is 0 Å². The molecule has 0 N–H and O–H groups in total. The molecule has 9 aromatic carbocycles. The van der Waals surface area contributed by atoms with Crippen molar-refractivity contribution in [3.05, 3.63) is 237 Å². The van der Waals surface area contributed by atoms with Gasteiger partial charge in [0.15, 0.2) is 0 Å². The predicted octanol–water partition coefficient (Wildman–Crippen LogP) is 15.0. The lowest BCUT2D eigenvalue weighted by atomic mass is 9.98. The Hall–Kier alpha value is -9.33. The van der Waals surface area contributed by atoms with Crippen molar-refractivity contribution in [1.29, 1.82) is 0 Å². The summed E-state index contributed by atoms with van der Waals surface area (Å²) in [4.78, 5) is 16.6. The van der Waals surface area contributed by atoms with Crippen molar-refractivity contribution in [1.82, 2.24) is 33.2 Å². The molecule has 318 valence electrons. The maximum absolute atomic E-state index is 5.61. The molecule has 0 aliphatic carbocycles. The lowest BCUT2D eigenvalue weighted by molar-refractivity contribution is 1.05. The minimum absolute atomic E-state index is 0.791. The Morgan fingerprint density at radius 3 is 1.19 bits per heavy atom. The molecule has 5 aromatic heterocycles. The van der Waals surface area contributed by atoms with Gasteiger partial charge >= 0.3 is 0 Å². The highest BCUT2D eigenvalue weighted by Crippen LogP contribution is 2.45. The van der Waals surface area contributed by atoms with Gasteiger partial charge in [0.25, 0.3) is 0 Å². The van der Waals surface area contributed by atoms with Gasteiger partial charge in [0.2, 0.25) is 0 Å². The van der Waals surface area contributed by atoms with Gasteiger partial charge in [-0.25, -0.2) is 15.0 Å². The van der Waals surface area contributed by atoms with Crippen LogP contribution in [0.2, 0.25) is 0 Å². The number of nitrogens with zero attached hydrogens (tertiary/aromatic N) is 7. The van der Waals surface area contributed by atoms with Gasteiger partial charge in [0.1, 0.15) is 17.5 Å². The SMILES string of the molecule is c1ccc(-n2c(-c3cc(-c4cccc(-c5nc6ccccc6n5-c5ccccc5)c4-n4c5ccccc5c5ccccc54)cnc3-n3c4ccccc4c4ccccc43)nc3ccccc32)cc1. The number of hydrogen-bond acceptors (Lipinski definition) is 3. The van der Waals surface area contributed by atoms with Crippen LogP contribution in [0.1, 0.15) is 0 Å². The van der Waals surface area contributed by atoms with E-state index in [0.717, 1.165) is 101 Å². The minimum atomic E-state index is 0.791. The van der Waals surface area contributed by atoms with Crippen LogP contribution in [0.3, 0.4) is 0 Å². The van der Waals surface area contributed by atoms with Gasteiger partial charge in [-0.1, -0.05) is 146 Å². The fraction of sp³-hybridized carbons (Fsp3) is 0. The molecule has 0 unspecified atom stereocenters. The normalized spacial score (nSPS) is 11.8. The molecular weight excluding hydrogens is 831 g/mol. The van der Waals surface area contributed by atoms with Crippen molar-refractivity contribution in [2.45, 2.75) is 0 Å². The Morgan fingerprint density at radius 1 is 0.294 bits per heavy atom. The van der Waals surface area contributed by atoms with E-state index in [0.29, 0.717) is 0 Å². The zero-order valence-corrected chi connectivity index (χ0v) is 36.6. The standard InChI is InChI=1S/C61H39N7/c1-3-20-41(21-4-1)65-56-36-17-11-30-50(56)63-60(65)48-29-19-28-43(58(48)67-52-32-13-7-24-44(52)45-25-8-14-33-53(45)67)40-38-49(61-64-51-31-12-18-37-57(51)66(61)42-22-5-2-6-23-42)59(62-39-40)68-54-34-15-9-26-46(54)47-27-10-16-35-55(47)68/h1-39H. The molecule has 7 heteroatoms. The quantitative estimate of drug-likeness (QED) is 0.160. The average Bonchev–Trinajstić information content (AvgIpc) is 4.17. The van der Waals surface area contributed by atoms with E-state index in [9.17, 15) is 0 Å². The fourth-order valence-corrected chi connectivity index (χ4v) is 10.5. The van der Waals surface area contributed by atoms with E-state index in [2.05, 4.69) is 255 Å². The van der Waals surface area contributed by atoms with Gasteiger partial charge in [-0.3, -0.25) is 13.7 Å². The van der Waals surface area contributed by atoms with Crippen molar-refractivity contribution in [3.63, 3.8) is 0 Å². The van der Waals surface area contributed by atoms with E-state index in [1.54, 1.807) is 0 Å². The van der Waals surface area contributed by atoms with Gasteiger partial charge < -0.3 is 4.57 Å². The summed E-state index contributed by atoms with van der Waals surface area (Å²) in [5.41, 5.74) is 15.1. The third-order valence-corrected chi connectivity index (χ3v) is 13.4. The Morgan fingerprint density at radius 2 is 0.691 bits per heavy atom. The van der Waals surface area contributed by atoms with Crippen LogP contribution in [-0.4, -0.2) is 33.2 Å². The molecule has 5 heterocycles. The minimum Gasteiger partial charge on any atom is -0.308 e. The second-order valence-corrected chi connectivity index (χ2v) is 17.2. The average molecular weight is 870 g/mol. The molecule has 0 radical (unpaired) electrons. The lowest BCUT2D eigenvalue weighted by Gasteiger charge is -2.21. The van der Waals surface area contributed by atoms with E-state index in [-0.39, 0.29) is 0 Å². The molecular formula is C61H39N7. The van der Waals surface area contributed by atoms with Crippen molar-refractivity contribution < 1.29 is 0 Å². The van der Waals surface area contributed by atoms with Gasteiger partial charge in [-0.15, -0.1) is 0 Å². The first kappa shape index (κ1) is 38.0.